The van der Waals surface area contributed by atoms with Crippen LogP contribution in [-0.4, -0.2) is 41.0 Å². The molecule has 0 radical (unpaired) electrons. The van der Waals surface area contributed by atoms with E-state index in [9.17, 15) is 0 Å². The van der Waals surface area contributed by atoms with Crippen molar-refractivity contribution >= 4 is 22.4 Å². The third-order valence-corrected chi connectivity index (χ3v) is 4.09. The largest absolute Gasteiger partial charge is 0.399 e. The van der Waals surface area contributed by atoms with Gasteiger partial charge < -0.3 is 16.0 Å². The van der Waals surface area contributed by atoms with Gasteiger partial charge in [-0.15, -0.1) is 0 Å². The number of benzene rings is 1. The van der Waals surface area contributed by atoms with E-state index in [0.717, 1.165) is 29.0 Å². The first-order valence-corrected chi connectivity index (χ1v) is 7.18. The fourth-order valence-electron chi connectivity index (χ4n) is 2.83. The van der Waals surface area contributed by atoms with Crippen LogP contribution >= 0.6 is 0 Å². The fourth-order valence-corrected chi connectivity index (χ4v) is 2.83. The lowest BCUT2D eigenvalue weighted by molar-refractivity contribution is 0.194. The Morgan fingerprint density at radius 3 is 3.10 bits per heavy atom. The predicted octanol–water partition coefficient (Wildman–Crippen LogP) is 2.11. The average Bonchev–Trinajstić information content (AvgIpc) is 2.46. The molecular formula is C15H21N5. The highest BCUT2D eigenvalue weighted by molar-refractivity contribution is 5.91. The van der Waals surface area contributed by atoms with Crippen LogP contribution in [0, 0.1) is 0 Å². The molecular weight excluding hydrogens is 250 g/mol. The predicted molar refractivity (Wildman–Crippen MR) is 82.7 cm³/mol. The molecule has 5 nitrogen and oxygen atoms in total. The minimum absolute atomic E-state index is 0.579. The van der Waals surface area contributed by atoms with Crippen molar-refractivity contribution in [3.05, 3.63) is 24.5 Å². The van der Waals surface area contributed by atoms with Crippen LogP contribution in [0.15, 0.2) is 24.5 Å². The third-order valence-electron chi connectivity index (χ3n) is 4.09. The number of hydrogen-bond acceptors (Lipinski definition) is 5. The number of hydrogen-bond donors (Lipinski definition) is 2. The van der Waals surface area contributed by atoms with Crippen molar-refractivity contribution in [2.24, 2.45) is 0 Å². The van der Waals surface area contributed by atoms with Crippen LogP contribution in [0.3, 0.4) is 0 Å². The lowest BCUT2D eigenvalue weighted by Gasteiger charge is -2.32. The molecule has 2 heterocycles. The van der Waals surface area contributed by atoms with Gasteiger partial charge in [-0.3, -0.25) is 0 Å². The van der Waals surface area contributed by atoms with Gasteiger partial charge in [0.1, 0.15) is 12.1 Å². The second-order valence-electron chi connectivity index (χ2n) is 5.51. The van der Waals surface area contributed by atoms with Crippen LogP contribution in [0.2, 0.25) is 0 Å². The Kier molecular flexibility index (Phi) is 3.69. The fraction of sp³-hybridized carbons (Fsp3) is 0.467. The molecule has 0 bridgehead atoms. The van der Waals surface area contributed by atoms with Crippen LogP contribution in [-0.2, 0) is 0 Å². The van der Waals surface area contributed by atoms with Crippen molar-refractivity contribution in [2.75, 3.05) is 31.2 Å². The number of likely N-dealkylation sites (tertiary alicyclic amines) is 1. The Bertz CT molecular complexity index is 598. The van der Waals surface area contributed by atoms with Gasteiger partial charge in [-0.25, -0.2) is 9.97 Å². The van der Waals surface area contributed by atoms with Crippen molar-refractivity contribution in [3.8, 4) is 0 Å². The van der Waals surface area contributed by atoms with Gasteiger partial charge in [-0.1, -0.05) is 6.42 Å². The maximum Gasteiger partial charge on any atom is 0.137 e. The molecule has 20 heavy (non-hydrogen) atoms. The Balaban J connectivity index is 1.78. The summed E-state index contributed by atoms with van der Waals surface area (Å²) in [5.74, 6) is 0.876. The van der Waals surface area contributed by atoms with Crippen molar-refractivity contribution in [3.63, 3.8) is 0 Å². The minimum atomic E-state index is 0.579. The summed E-state index contributed by atoms with van der Waals surface area (Å²) >= 11 is 0. The number of aromatic nitrogens is 2. The highest BCUT2D eigenvalue weighted by atomic mass is 15.2. The van der Waals surface area contributed by atoms with Crippen LogP contribution in [0.4, 0.5) is 11.5 Å². The normalized spacial score (nSPS) is 20.1. The third kappa shape index (κ3) is 2.67. The van der Waals surface area contributed by atoms with E-state index in [-0.39, 0.29) is 0 Å². The van der Waals surface area contributed by atoms with E-state index < -0.39 is 0 Å². The summed E-state index contributed by atoms with van der Waals surface area (Å²) in [6, 6.07) is 6.32. The summed E-state index contributed by atoms with van der Waals surface area (Å²) in [7, 11) is 2.20. The monoisotopic (exact) mass is 271 g/mol. The molecule has 1 unspecified atom stereocenters. The molecule has 1 saturated heterocycles. The second-order valence-corrected chi connectivity index (χ2v) is 5.51. The van der Waals surface area contributed by atoms with E-state index in [0.29, 0.717) is 6.04 Å². The number of piperidine rings is 1. The molecule has 3 N–H and O–H groups in total. The number of likely N-dealkylation sites (N-methyl/N-ethyl adjacent to an activating group) is 1. The standard InChI is InChI=1S/C15H21N5/c1-20-7-3-2-4-12(20)9-17-15-13-8-11(16)5-6-14(13)18-10-19-15/h5-6,8,10,12H,2-4,7,9,16H2,1H3,(H,17,18,19). The molecule has 0 amide bonds. The van der Waals surface area contributed by atoms with Gasteiger partial charge in [0.15, 0.2) is 0 Å². The molecule has 1 aromatic heterocycles. The smallest absolute Gasteiger partial charge is 0.137 e. The number of nitrogen functional groups attached to an aromatic ring is 1. The van der Waals surface area contributed by atoms with E-state index in [1.54, 1.807) is 6.33 Å². The maximum absolute atomic E-state index is 5.86. The molecule has 0 aliphatic carbocycles. The van der Waals surface area contributed by atoms with Gasteiger partial charge in [0.25, 0.3) is 0 Å². The molecule has 1 fully saturated rings. The number of fused-ring (bicyclic) bond motifs is 1. The van der Waals surface area contributed by atoms with Gasteiger partial charge in [0.2, 0.25) is 0 Å². The summed E-state index contributed by atoms with van der Waals surface area (Å²) < 4.78 is 0. The Hall–Kier alpha value is -1.88. The number of nitrogens with zero attached hydrogens (tertiary/aromatic N) is 3. The molecule has 1 aliphatic rings. The van der Waals surface area contributed by atoms with E-state index in [2.05, 4.69) is 27.2 Å². The highest BCUT2D eigenvalue weighted by Crippen LogP contribution is 2.22. The van der Waals surface area contributed by atoms with E-state index in [4.69, 9.17) is 5.73 Å². The zero-order valence-electron chi connectivity index (χ0n) is 11.8. The molecule has 106 valence electrons. The molecule has 1 atom stereocenters. The average molecular weight is 271 g/mol. The van der Waals surface area contributed by atoms with Crippen LogP contribution < -0.4 is 11.1 Å². The highest BCUT2D eigenvalue weighted by Gasteiger charge is 2.18. The lowest BCUT2D eigenvalue weighted by Crippen LogP contribution is -2.40. The molecule has 0 saturated carbocycles. The molecule has 5 heteroatoms. The quantitative estimate of drug-likeness (QED) is 0.837. The lowest BCUT2D eigenvalue weighted by atomic mass is 10.0. The molecule has 0 spiro atoms. The first-order chi connectivity index (χ1) is 9.74. The Morgan fingerprint density at radius 1 is 1.35 bits per heavy atom. The van der Waals surface area contributed by atoms with Gasteiger partial charge in [-0.05, 0) is 44.6 Å². The SMILES string of the molecule is CN1CCCCC1CNc1ncnc2ccc(N)cc12. The topological polar surface area (TPSA) is 67.1 Å². The first kappa shape index (κ1) is 13.1. The minimum Gasteiger partial charge on any atom is -0.399 e. The van der Waals surface area contributed by atoms with E-state index >= 15 is 0 Å². The summed E-state index contributed by atoms with van der Waals surface area (Å²) in [5.41, 5.74) is 7.53. The molecule has 2 aromatic rings. The molecule has 1 aliphatic heterocycles. The van der Waals surface area contributed by atoms with Crippen LogP contribution in [0.5, 0.6) is 0 Å². The Labute approximate surface area is 119 Å². The van der Waals surface area contributed by atoms with E-state index in [1.165, 1.54) is 25.8 Å². The van der Waals surface area contributed by atoms with Gasteiger partial charge >= 0.3 is 0 Å². The Morgan fingerprint density at radius 2 is 2.25 bits per heavy atom. The van der Waals surface area contributed by atoms with Crippen molar-refractivity contribution in [1.82, 2.24) is 14.9 Å². The van der Waals surface area contributed by atoms with Gasteiger partial charge in [0.05, 0.1) is 5.52 Å². The number of nitrogens with one attached hydrogen (secondary N) is 1. The van der Waals surface area contributed by atoms with Gasteiger partial charge in [-0.2, -0.15) is 0 Å². The second kappa shape index (κ2) is 5.63. The zero-order valence-corrected chi connectivity index (χ0v) is 11.8. The number of rotatable bonds is 3. The maximum atomic E-state index is 5.86. The molecule has 3 rings (SSSR count). The summed E-state index contributed by atoms with van der Waals surface area (Å²) in [4.78, 5) is 11.1. The van der Waals surface area contributed by atoms with Gasteiger partial charge in [0, 0.05) is 23.7 Å². The summed E-state index contributed by atoms with van der Waals surface area (Å²) in [6.45, 7) is 2.10. The van der Waals surface area contributed by atoms with E-state index in [1.807, 2.05) is 18.2 Å². The zero-order chi connectivity index (χ0) is 13.9. The summed E-state index contributed by atoms with van der Waals surface area (Å²) in [6.07, 6.45) is 5.47. The van der Waals surface area contributed by atoms with Crippen molar-refractivity contribution in [2.45, 2.75) is 25.3 Å². The number of anilines is 2. The van der Waals surface area contributed by atoms with Crippen LogP contribution in [0.25, 0.3) is 10.9 Å². The van der Waals surface area contributed by atoms with Crippen molar-refractivity contribution in [1.29, 1.82) is 0 Å². The molecule has 1 aromatic carbocycles. The first-order valence-electron chi connectivity index (χ1n) is 7.18. The number of nitrogens with two attached hydrogens (primary N) is 1. The van der Waals surface area contributed by atoms with Crippen molar-refractivity contribution < 1.29 is 0 Å². The van der Waals surface area contributed by atoms with Crippen LogP contribution in [0.1, 0.15) is 19.3 Å². The summed E-state index contributed by atoms with van der Waals surface area (Å²) in [5, 5.41) is 4.46.